The van der Waals surface area contributed by atoms with Gasteiger partial charge in [0.25, 0.3) is 5.91 Å². The fourth-order valence-corrected chi connectivity index (χ4v) is 2.21. The van der Waals surface area contributed by atoms with Crippen LogP contribution in [0.25, 0.3) is 0 Å². The quantitative estimate of drug-likeness (QED) is 0.589. The third-order valence-electron chi connectivity index (χ3n) is 3.55. The van der Waals surface area contributed by atoms with Crippen molar-refractivity contribution in [2.45, 2.75) is 13.3 Å². The van der Waals surface area contributed by atoms with Gasteiger partial charge in [-0.2, -0.15) is 0 Å². The van der Waals surface area contributed by atoms with Crippen LogP contribution in [0, 0.1) is 0 Å². The standard InChI is InChI=1S/C20H23N3O4/c1-2-12-21-18(24)13-22-19(25)14-27-20(26)16-10-6-7-11-17(16)23-15-8-4-3-5-9-15/h3-11,23H,2,12-14H2,1H3,(H,21,24)(H,22,25). The van der Waals surface area contributed by atoms with E-state index in [1.165, 1.54) is 0 Å². The third-order valence-corrected chi connectivity index (χ3v) is 3.55. The van der Waals surface area contributed by atoms with Crippen molar-refractivity contribution < 1.29 is 19.1 Å². The van der Waals surface area contributed by atoms with Crippen molar-refractivity contribution in [3.05, 3.63) is 60.2 Å². The molecule has 2 amide bonds. The van der Waals surface area contributed by atoms with Crippen molar-refractivity contribution in [2.75, 3.05) is 25.0 Å². The number of hydrogen-bond donors (Lipinski definition) is 3. The summed E-state index contributed by atoms with van der Waals surface area (Å²) in [6.45, 7) is 1.87. The Labute approximate surface area is 158 Å². The van der Waals surface area contributed by atoms with E-state index in [0.717, 1.165) is 12.1 Å². The highest BCUT2D eigenvalue weighted by Gasteiger charge is 2.14. The molecule has 0 aliphatic carbocycles. The van der Waals surface area contributed by atoms with Crippen LogP contribution in [-0.2, 0) is 14.3 Å². The predicted molar refractivity (Wildman–Crippen MR) is 103 cm³/mol. The number of esters is 1. The van der Waals surface area contributed by atoms with Gasteiger partial charge >= 0.3 is 5.97 Å². The van der Waals surface area contributed by atoms with Gasteiger partial charge in [0.2, 0.25) is 5.91 Å². The number of ether oxygens (including phenoxy) is 1. The van der Waals surface area contributed by atoms with Gasteiger partial charge in [0.1, 0.15) is 0 Å². The fourth-order valence-electron chi connectivity index (χ4n) is 2.21. The Hall–Kier alpha value is -3.35. The summed E-state index contributed by atoms with van der Waals surface area (Å²) < 4.78 is 5.06. The molecule has 0 saturated heterocycles. The van der Waals surface area contributed by atoms with Crippen molar-refractivity contribution in [1.82, 2.24) is 10.6 Å². The lowest BCUT2D eigenvalue weighted by Gasteiger charge is -2.12. The van der Waals surface area contributed by atoms with Crippen LogP contribution in [0.3, 0.4) is 0 Å². The van der Waals surface area contributed by atoms with Gasteiger partial charge in [0.15, 0.2) is 6.61 Å². The van der Waals surface area contributed by atoms with Crippen molar-refractivity contribution in [3.63, 3.8) is 0 Å². The molecule has 0 atom stereocenters. The lowest BCUT2D eigenvalue weighted by Crippen LogP contribution is -2.38. The summed E-state index contributed by atoms with van der Waals surface area (Å²) in [6, 6.07) is 16.3. The Morgan fingerprint density at radius 1 is 0.889 bits per heavy atom. The maximum atomic E-state index is 12.3. The Morgan fingerprint density at radius 3 is 2.33 bits per heavy atom. The molecule has 2 aromatic rings. The topological polar surface area (TPSA) is 96.5 Å². The average Bonchev–Trinajstić information content (AvgIpc) is 2.70. The molecule has 0 spiro atoms. The number of hydrogen-bond acceptors (Lipinski definition) is 5. The van der Waals surface area contributed by atoms with E-state index in [0.29, 0.717) is 17.8 Å². The second-order valence-corrected chi connectivity index (χ2v) is 5.74. The van der Waals surface area contributed by atoms with Crippen LogP contribution in [0.5, 0.6) is 0 Å². The first-order chi connectivity index (χ1) is 13.1. The zero-order chi connectivity index (χ0) is 19.5. The zero-order valence-corrected chi connectivity index (χ0v) is 15.2. The summed E-state index contributed by atoms with van der Waals surface area (Å²) in [5.41, 5.74) is 1.72. The van der Waals surface area contributed by atoms with Crippen LogP contribution < -0.4 is 16.0 Å². The van der Waals surface area contributed by atoms with Crippen LogP contribution >= 0.6 is 0 Å². The van der Waals surface area contributed by atoms with E-state index in [1.54, 1.807) is 24.3 Å². The van der Waals surface area contributed by atoms with Gasteiger partial charge in [-0.05, 0) is 30.7 Å². The largest absolute Gasteiger partial charge is 0.452 e. The third kappa shape index (κ3) is 6.81. The number of anilines is 2. The molecular formula is C20H23N3O4. The van der Waals surface area contributed by atoms with Crippen molar-refractivity contribution in [1.29, 1.82) is 0 Å². The van der Waals surface area contributed by atoms with Gasteiger partial charge in [-0.1, -0.05) is 37.3 Å². The summed E-state index contributed by atoms with van der Waals surface area (Å²) >= 11 is 0. The van der Waals surface area contributed by atoms with E-state index in [1.807, 2.05) is 37.3 Å². The van der Waals surface area contributed by atoms with Crippen molar-refractivity contribution in [3.8, 4) is 0 Å². The first kappa shape index (κ1) is 20.0. The van der Waals surface area contributed by atoms with Gasteiger partial charge < -0.3 is 20.7 Å². The molecule has 142 valence electrons. The molecular weight excluding hydrogens is 346 g/mol. The first-order valence-corrected chi connectivity index (χ1v) is 8.71. The number of rotatable bonds is 9. The zero-order valence-electron chi connectivity index (χ0n) is 15.2. The number of carbonyl (C=O) groups excluding carboxylic acids is 3. The minimum Gasteiger partial charge on any atom is -0.452 e. The molecule has 3 N–H and O–H groups in total. The van der Waals surface area contributed by atoms with Crippen LogP contribution in [0.1, 0.15) is 23.7 Å². The Kier molecular flexibility index (Phi) is 7.84. The van der Waals surface area contributed by atoms with Crippen LogP contribution in [0.2, 0.25) is 0 Å². The van der Waals surface area contributed by atoms with E-state index in [4.69, 9.17) is 4.74 Å². The Balaban J connectivity index is 1.87. The lowest BCUT2D eigenvalue weighted by atomic mass is 10.1. The highest BCUT2D eigenvalue weighted by atomic mass is 16.5. The second-order valence-electron chi connectivity index (χ2n) is 5.74. The summed E-state index contributed by atoms with van der Waals surface area (Å²) in [6.07, 6.45) is 0.813. The molecule has 7 heteroatoms. The van der Waals surface area contributed by atoms with E-state index in [2.05, 4.69) is 16.0 Å². The number of nitrogens with one attached hydrogen (secondary N) is 3. The predicted octanol–water partition coefficient (Wildman–Crippen LogP) is 2.23. The highest BCUT2D eigenvalue weighted by molar-refractivity contribution is 5.97. The Bertz CT molecular complexity index is 778. The summed E-state index contributed by atoms with van der Waals surface area (Å²) in [5.74, 6) is -1.45. The molecule has 2 aromatic carbocycles. The summed E-state index contributed by atoms with van der Waals surface area (Å²) in [7, 11) is 0. The first-order valence-electron chi connectivity index (χ1n) is 8.71. The van der Waals surface area contributed by atoms with Gasteiger partial charge in [0, 0.05) is 12.2 Å². The highest BCUT2D eigenvalue weighted by Crippen LogP contribution is 2.21. The minimum atomic E-state index is -0.625. The number of para-hydroxylation sites is 2. The van der Waals surface area contributed by atoms with Gasteiger partial charge in [-0.3, -0.25) is 9.59 Å². The van der Waals surface area contributed by atoms with Crippen molar-refractivity contribution >= 4 is 29.2 Å². The van der Waals surface area contributed by atoms with E-state index >= 15 is 0 Å². The normalized spacial score (nSPS) is 9.96. The maximum absolute atomic E-state index is 12.3. The molecule has 0 bridgehead atoms. The maximum Gasteiger partial charge on any atom is 0.340 e. The molecule has 0 aliphatic heterocycles. The van der Waals surface area contributed by atoms with Gasteiger partial charge in [-0.15, -0.1) is 0 Å². The molecule has 0 unspecified atom stereocenters. The lowest BCUT2D eigenvalue weighted by molar-refractivity contribution is -0.127. The average molecular weight is 369 g/mol. The van der Waals surface area contributed by atoms with Crippen LogP contribution in [0.15, 0.2) is 54.6 Å². The number of amides is 2. The fraction of sp³-hybridized carbons (Fsp3) is 0.250. The van der Waals surface area contributed by atoms with Crippen LogP contribution in [0.4, 0.5) is 11.4 Å². The molecule has 7 nitrogen and oxygen atoms in total. The van der Waals surface area contributed by atoms with Crippen molar-refractivity contribution in [2.24, 2.45) is 0 Å². The molecule has 0 fully saturated rings. The van der Waals surface area contributed by atoms with Gasteiger partial charge in [0.05, 0.1) is 17.8 Å². The smallest absolute Gasteiger partial charge is 0.340 e. The van der Waals surface area contributed by atoms with E-state index in [-0.39, 0.29) is 12.5 Å². The number of benzene rings is 2. The Morgan fingerprint density at radius 2 is 1.59 bits per heavy atom. The molecule has 0 radical (unpaired) electrons. The minimum absolute atomic E-state index is 0.150. The molecule has 0 aromatic heterocycles. The summed E-state index contributed by atoms with van der Waals surface area (Å²) in [4.78, 5) is 35.5. The molecule has 0 aliphatic rings. The molecule has 2 rings (SSSR count). The molecule has 0 saturated carbocycles. The monoisotopic (exact) mass is 369 g/mol. The molecule has 27 heavy (non-hydrogen) atoms. The van der Waals surface area contributed by atoms with E-state index < -0.39 is 18.5 Å². The SMILES string of the molecule is CCCNC(=O)CNC(=O)COC(=O)c1ccccc1Nc1ccccc1. The summed E-state index contributed by atoms with van der Waals surface area (Å²) in [5, 5.41) is 8.19. The number of carbonyl (C=O) groups is 3. The van der Waals surface area contributed by atoms with Gasteiger partial charge in [-0.25, -0.2) is 4.79 Å². The molecule has 0 heterocycles. The second kappa shape index (κ2) is 10.6. The van der Waals surface area contributed by atoms with E-state index in [9.17, 15) is 14.4 Å². The van der Waals surface area contributed by atoms with Crippen LogP contribution in [-0.4, -0.2) is 37.5 Å².